The number of likely N-dealkylation sites (tertiary alicyclic amines) is 1. The van der Waals surface area contributed by atoms with Crippen LogP contribution in [0.4, 0.5) is 5.82 Å². The van der Waals surface area contributed by atoms with Crippen LogP contribution in [-0.4, -0.2) is 66.3 Å². The molecule has 1 saturated heterocycles. The molecule has 1 fully saturated rings. The molecule has 3 heterocycles. The van der Waals surface area contributed by atoms with Crippen molar-refractivity contribution in [3.05, 3.63) is 82.8 Å². The predicted octanol–water partition coefficient (Wildman–Crippen LogP) is 4.17. The predicted molar refractivity (Wildman–Crippen MR) is 133 cm³/mol. The molecule has 1 unspecified atom stereocenters. The molecule has 34 heavy (non-hydrogen) atoms. The number of carbonyl (C=O) groups is 1. The van der Waals surface area contributed by atoms with Crippen LogP contribution in [0.2, 0.25) is 5.28 Å². The summed E-state index contributed by atoms with van der Waals surface area (Å²) in [5, 5.41) is 0.187. The lowest BCUT2D eigenvalue weighted by Crippen LogP contribution is -2.58. The first-order valence-electron chi connectivity index (χ1n) is 11.6. The molecule has 0 spiro atoms. The van der Waals surface area contributed by atoms with E-state index in [0.29, 0.717) is 11.5 Å². The number of anilines is 1. The first-order valence-corrected chi connectivity index (χ1v) is 12.0. The Morgan fingerprint density at radius 3 is 2.06 bits per heavy atom. The highest BCUT2D eigenvalue weighted by atomic mass is 35.5. The number of aromatic nitrogens is 2. The van der Waals surface area contributed by atoms with Gasteiger partial charge in [0.15, 0.2) is 5.82 Å². The Kier molecular flexibility index (Phi) is 6.10. The van der Waals surface area contributed by atoms with E-state index in [1.807, 2.05) is 24.1 Å². The maximum atomic E-state index is 13.2. The number of aromatic amines is 1. The fourth-order valence-corrected chi connectivity index (χ4v) is 5.54. The summed E-state index contributed by atoms with van der Waals surface area (Å²) < 4.78 is 7.20. The largest absolute Gasteiger partial charge is 0.324 e. The van der Waals surface area contributed by atoms with Crippen LogP contribution < -0.4 is 4.90 Å². The van der Waals surface area contributed by atoms with Gasteiger partial charge in [0.2, 0.25) is 11.6 Å². The second-order valence-electron chi connectivity index (χ2n) is 9.24. The van der Waals surface area contributed by atoms with E-state index in [1.165, 1.54) is 0 Å². The van der Waals surface area contributed by atoms with E-state index in [0.717, 1.165) is 37.1 Å². The zero-order valence-electron chi connectivity index (χ0n) is 19.7. The SMILES string of the molecule is CN1CCC(C(OC2N(C)C(=O)c3[nH]c(Cl)nc3N2C)(c2ccccc2)c2ccccc2)CC1. The number of H-pyrrole nitrogens is 1. The number of hydrogen-bond acceptors (Lipinski definition) is 5. The molecular formula is C26H30ClN5O2. The van der Waals surface area contributed by atoms with E-state index in [1.54, 1.807) is 11.9 Å². The van der Waals surface area contributed by atoms with E-state index in [2.05, 4.69) is 70.4 Å². The number of fused-ring (bicyclic) bond motifs is 1. The van der Waals surface area contributed by atoms with Gasteiger partial charge in [-0.15, -0.1) is 0 Å². The van der Waals surface area contributed by atoms with Crippen LogP contribution in [0.25, 0.3) is 0 Å². The molecule has 1 amide bonds. The van der Waals surface area contributed by atoms with Crippen molar-refractivity contribution in [2.45, 2.75) is 24.8 Å². The Bertz CT molecular complexity index is 1110. The lowest BCUT2D eigenvalue weighted by molar-refractivity contribution is -0.157. The molecule has 2 aliphatic heterocycles. The molecule has 5 rings (SSSR count). The van der Waals surface area contributed by atoms with Gasteiger partial charge in [0.05, 0.1) is 0 Å². The zero-order valence-corrected chi connectivity index (χ0v) is 20.5. The van der Waals surface area contributed by atoms with Crippen molar-refractivity contribution >= 4 is 23.3 Å². The van der Waals surface area contributed by atoms with Gasteiger partial charge >= 0.3 is 0 Å². The summed E-state index contributed by atoms with van der Waals surface area (Å²) >= 11 is 6.13. The number of piperidine rings is 1. The minimum Gasteiger partial charge on any atom is -0.324 e. The van der Waals surface area contributed by atoms with Crippen LogP contribution in [0.1, 0.15) is 34.5 Å². The third-order valence-corrected chi connectivity index (χ3v) is 7.36. The summed E-state index contributed by atoms with van der Waals surface area (Å²) in [5.41, 5.74) is 1.78. The van der Waals surface area contributed by atoms with Crippen LogP contribution in [0, 0.1) is 5.92 Å². The summed E-state index contributed by atoms with van der Waals surface area (Å²) in [6.07, 6.45) is 1.29. The molecule has 2 aliphatic rings. The molecule has 1 N–H and O–H groups in total. The van der Waals surface area contributed by atoms with Crippen LogP contribution >= 0.6 is 11.6 Å². The maximum absolute atomic E-state index is 13.2. The minimum atomic E-state index is -0.755. The van der Waals surface area contributed by atoms with Crippen molar-refractivity contribution in [1.82, 2.24) is 19.8 Å². The Hall–Kier alpha value is -2.87. The van der Waals surface area contributed by atoms with Gasteiger partial charge in [0.25, 0.3) is 5.91 Å². The maximum Gasteiger partial charge on any atom is 0.277 e. The molecule has 3 aromatic rings. The summed E-state index contributed by atoms with van der Waals surface area (Å²) in [5.74, 6) is 0.516. The first-order chi connectivity index (χ1) is 16.4. The summed E-state index contributed by atoms with van der Waals surface area (Å²) in [6, 6.07) is 20.8. The summed E-state index contributed by atoms with van der Waals surface area (Å²) in [6.45, 7) is 1.98. The number of hydrogen-bond donors (Lipinski definition) is 1. The van der Waals surface area contributed by atoms with E-state index in [9.17, 15) is 4.79 Å². The molecule has 0 bridgehead atoms. The smallest absolute Gasteiger partial charge is 0.277 e. The number of ether oxygens (including phenoxy) is 1. The van der Waals surface area contributed by atoms with Gasteiger partial charge in [-0.25, -0.2) is 0 Å². The van der Waals surface area contributed by atoms with Crippen LogP contribution in [0.15, 0.2) is 60.7 Å². The Balaban J connectivity index is 1.66. The third-order valence-electron chi connectivity index (χ3n) is 7.18. The Morgan fingerprint density at radius 2 is 1.50 bits per heavy atom. The minimum absolute atomic E-state index is 0.187. The molecule has 8 heteroatoms. The number of carbonyl (C=O) groups excluding carboxylic acids is 1. The van der Waals surface area contributed by atoms with Crippen LogP contribution in [0.3, 0.4) is 0 Å². The van der Waals surface area contributed by atoms with Gasteiger partial charge in [0, 0.05) is 14.1 Å². The van der Waals surface area contributed by atoms with Crippen molar-refractivity contribution in [2.24, 2.45) is 5.92 Å². The molecule has 1 aromatic heterocycles. The lowest BCUT2D eigenvalue weighted by atomic mass is 9.71. The lowest BCUT2D eigenvalue weighted by Gasteiger charge is -2.50. The van der Waals surface area contributed by atoms with Crippen LogP contribution in [-0.2, 0) is 10.3 Å². The Morgan fingerprint density at radius 1 is 0.941 bits per heavy atom. The highest BCUT2D eigenvalue weighted by Crippen LogP contribution is 2.47. The van der Waals surface area contributed by atoms with Gasteiger partial charge in [-0.05, 0) is 61.6 Å². The van der Waals surface area contributed by atoms with Gasteiger partial charge < -0.3 is 19.5 Å². The van der Waals surface area contributed by atoms with E-state index >= 15 is 0 Å². The van der Waals surface area contributed by atoms with Gasteiger partial charge in [-0.2, -0.15) is 4.98 Å². The van der Waals surface area contributed by atoms with Crippen molar-refractivity contribution in [3.63, 3.8) is 0 Å². The van der Waals surface area contributed by atoms with Crippen LogP contribution in [0.5, 0.6) is 0 Å². The molecule has 1 atom stereocenters. The summed E-state index contributed by atoms with van der Waals surface area (Å²) in [4.78, 5) is 26.4. The van der Waals surface area contributed by atoms with Crippen molar-refractivity contribution in [3.8, 4) is 0 Å². The number of benzene rings is 2. The third kappa shape index (κ3) is 3.78. The molecule has 178 valence electrons. The highest BCUT2D eigenvalue weighted by molar-refractivity contribution is 6.28. The summed E-state index contributed by atoms with van der Waals surface area (Å²) in [7, 11) is 5.81. The molecule has 2 aromatic carbocycles. The number of amides is 1. The Labute approximate surface area is 205 Å². The second kappa shape index (κ2) is 9.06. The monoisotopic (exact) mass is 479 g/mol. The van der Waals surface area contributed by atoms with Gasteiger partial charge in [-0.1, -0.05) is 60.7 Å². The van der Waals surface area contributed by atoms with Crippen molar-refractivity contribution < 1.29 is 9.53 Å². The number of imidazole rings is 1. The molecule has 7 nitrogen and oxygen atoms in total. The zero-order chi connectivity index (χ0) is 23.9. The average Bonchev–Trinajstić information content (AvgIpc) is 3.27. The van der Waals surface area contributed by atoms with Gasteiger partial charge in [0.1, 0.15) is 11.3 Å². The van der Waals surface area contributed by atoms with Gasteiger partial charge in [-0.3, -0.25) is 9.69 Å². The van der Waals surface area contributed by atoms with E-state index in [-0.39, 0.29) is 17.1 Å². The molecule has 0 radical (unpaired) electrons. The number of nitrogens with zero attached hydrogens (tertiary/aromatic N) is 4. The second-order valence-corrected chi connectivity index (χ2v) is 9.60. The molecule has 0 aliphatic carbocycles. The van der Waals surface area contributed by atoms with Crippen molar-refractivity contribution in [1.29, 1.82) is 0 Å². The number of nitrogens with one attached hydrogen (secondary N) is 1. The molecule has 0 saturated carbocycles. The van der Waals surface area contributed by atoms with E-state index in [4.69, 9.17) is 16.3 Å². The molecular weight excluding hydrogens is 450 g/mol. The number of halogens is 1. The van der Waals surface area contributed by atoms with E-state index < -0.39 is 12.0 Å². The van der Waals surface area contributed by atoms with Crippen molar-refractivity contribution in [2.75, 3.05) is 39.1 Å². The fraction of sp³-hybridized carbons (Fsp3) is 0.385. The first kappa shape index (κ1) is 22.9. The average molecular weight is 480 g/mol. The number of rotatable bonds is 5. The fourth-order valence-electron chi connectivity index (χ4n) is 5.36. The quantitative estimate of drug-likeness (QED) is 0.595. The topological polar surface area (TPSA) is 64.7 Å². The normalized spacial score (nSPS) is 20.0. The highest BCUT2D eigenvalue weighted by Gasteiger charge is 2.49. The standard InChI is InChI=1S/C26H30ClN5O2/c1-30-16-14-20(15-17-30)26(18-10-6-4-7-11-18,19-12-8-5-9-13-19)34-25-31(2)22-21(23(33)32(25)3)28-24(27)29-22/h4-13,20,25H,14-17H2,1-3H3,(H,28,29).